The smallest absolute Gasteiger partial charge is 0.175 e. The Morgan fingerprint density at radius 2 is 1.82 bits per heavy atom. The molecular formula is C23H26N6O3S. The number of piperazine rings is 1. The lowest BCUT2D eigenvalue weighted by molar-refractivity contribution is 0.189. The molecule has 1 fully saturated rings. The van der Waals surface area contributed by atoms with Gasteiger partial charge in [0.1, 0.15) is 5.52 Å². The second kappa shape index (κ2) is 8.62. The van der Waals surface area contributed by atoms with Crippen LogP contribution >= 0.6 is 0 Å². The van der Waals surface area contributed by atoms with E-state index in [1.165, 1.54) is 6.26 Å². The maximum absolute atomic E-state index is 12.0. The fraction of sp³-hybridized carbons (Fsp3) is 0.304. The van der Waals surface area contributed by atoms with Gasteiger partial charge in [0, 0.05) is 61.1 Å². The first kappa shape index (κ1) is 21.6. The highest BCUT2D eigenvalue weighted by Gasteiger charge is 2.17. The van der Waals surface area contributed by atoms with Gasteiger partial charge in [-0.25, -0.2) is 13.4 Å². The highest BCUT2D eigenvalue weighted by atomic mass is 32.2. The molecule has 0 radical (unpaired) electrons. The van der Waals surface area contributed by atoms with E-state index in [0.29, 0.717) is 11.3 Å². The van der Waals surface area contributed by atoms with Crippen molar-refractivity contribution in [2.75, 3.05) is 55.8 Å². The highest BCUT2D eigenvalue weighted by Crippen LogP contribution is 2.31. The predicted molar refractivity (Wildman–Crippen MR) is 130 cm³/mol. The summed E-state index contributed by atoms with van der Waals surface area (Å²) < 4.78 is 23.9. The third kappa shape index (κ3) is 4.37. The van der Waals surface area contributed by atoms with Crippen LogP contribution in [0.15, 0.2) is 53.6 Å². The summed E-state index contributed by atoms with van der Waals surface area (Å²) in [7, 11) is -3.32. The number of sulfone groups is 1. The number of nitrogens with one attached hydrogen (secondary N) is 2. The Labute approximate surface area is 192 Å². The van der Waals surface area contributed by atoms with E-state index in [4.69, 9.17) is 10.1 Å². The maximum Gasteiger partial charge on any atom is 0.175 e. The third-order valence-electron chi connectivity index (χ3n) is 6.08. The van der Waals surface area contributed by atoms with E-state index in [2.05, 4.69) is 37.4 Å². The lowest BCUT2D eigenvalue weighted by Crippen LogP contribution is -2.47. The van der Waals surface area contributed by atoms with Crippen LogP contribution in [0.25, 0.3) is 21.8 Å². The van der Waals surface area contributed by atoms with Crippen molar-refractivity contribution in [3.63, 3.8) is 0 Å². The van der Waals surface area contributed by atoms with Crippen LogP contribution in [0.3, 0.4) is 0 Å². The zero-order valence-corrected chi connectivity index (χ0v) is 19.1. The fourth-order valence-electron chi connectivity index (χ4n) is 4.26. The van der Waals surface area contributed by atoms with Gasteiger partial charge in [-0.2, -0.15) is 5.10 Å². The van der Waals surface area contributed by atoms with Crippen LogP contribution in [0, 0.1) is 0 Å². The molecule has 0 saturated carbocycles. The zero-order chi connectivity index (χ0) is 23.0. The SMILES string of the molecule is CS(=O)(=O)c1ccc2nc(Nc3ccc(N4CCN(CCO)CC4)cc3)c3[nH]ncc3c2c1. The second-order valence-corrected chi connectivity index (χ2v) is 10.3. The van der Waals surface area contributed by atoms with Crippen LogP contribution in [0.1, 0.15) is 0 Å². The molecule has 5 rings (SSSR count). The van der Waals surface area contributed by atoms with E-state index in [0.717, 1.165) is 60.4 Å². The van der Waals surface area contributed by atoms with E-state index in [1.807, 2.05) is 12.1 Å². The molecule has 0 unspecified atom stereocenters. The average molecular weight is 467 g/mol. The number of hydrogen-bond acceptors (Lipinski definition) is 8. The molecule has 0 spiro atoms. The predicted octanol–water partition coefficient (Wildman–Crippen LogP) is 2.37. The molecule has 0 aliphatic carbocycles. The summed E-state index contributed by atoms with van der Waals surface area (Å²) >= 11 is 0. The van der Waals surface area contributed by atoms with Crippen molar-refractivity contribution >= 4 is 48.8 Å². The van der Waals surface area contributed by atoms with E-state index < -0.39 is 9.84 Å². The summed E-state index contributed by atoms with van der Waals surface area (Å²) in [6, 6.07) is 13.2. The molecule has 0 atom stereocenters. The van der Waals surface area contributed by atoms with Crippen LogP contribution in [0.2, 0.25) is 0 Å². The van der Waals surface area contributed by atoms with Crippen LogP contribution in [-0.4, -0.2) is 79.2 Å². The van der Waals surface area contributed by atoms with Crippen LogP contribution in [0.4, 0.5) is 17.2 Å². The van der Waals surface area contributed by atoms with E-state index in [9.17, 15) is 8.42 Å². The molecule has 9 nitrogen and oxygen atoms in total. The van der Waals surface area contributed by atoms with Crippen molar-refractivity contribution in [3.8, 4) is 0 Å². The molecule has 1 aliphatic rings. The molecule has 0 amide bonds. The van der Waals surface area contributed by atoms with Gasteiger partial charge in [0.2, 0.25) is 0 Å². The van der Waals surface area contributed by atoms with E-state index in [1.54, 1.807) is 24.4 Å². The number of aromatic nitrogens is 3. The molecule has 172 valence electrons. The van der Waals surface area contributed by atoms with Crippen molar-refractivity contribution in [1.29, 1.82) is 0 Å². The molecule has 2 aromatic carbocycles. The van der Waals surface area contributed by atoms with Gasteiger partial charge in [-0.05, 0) is 42.5 Å². The molecular weight excluding hydrogens is 440 g/mol. The number of aromatic amines is 1. The first-order chi connectivity index (χ1) is 15.9. The Balaban J connectivity index is 1.39. The summed E-state index contributed by atoms with van der Waals surface area (Å²) in [5, 5.41) is 21.2. The van der Waals surface area contributed by atoms with Gasteiger partial charge < -0.3 is 15.3 Å². The quantitative estimate of drug-likeness (QED) is 0.397. The highest BCUT2D eigenvalue weighted by molar-refractivity contribution is 7.90. The number of aliphatic hydroxyl groups is 1. The number of rotatable bonds is 6. The Morgan fingerprint density at radius 3 is 2.52 bits per heavy atom. The van der Waals surface area contributed by atoms with E-state index in [-0.39, 0.29) is 11.5 Å². The lowest BCUT2D eigenvalue weighted by atomic mass is 10.1. The summed E-state index contributed by atoms with van der Waals surface area (Å²) in [4.78, 5) is 9.59. The summed E-state index contributed by atoms with van der Waals surface area (Å²) in [5.41, 5.74) is 3.47. The molecule has 1 aliphatic heterocycles. The second-order valence-electron chi connectivity index (χ2n) is 8.29. The van der Waals surface area contributed by atoms with Crippen molar-refractivity contribution in [2.45, 2.75) is 4.90 Å². The van der Waals surface area contributed by atoms with Gasteiger partial charge in [-0.15, -0.1) is 0 Å². The Hall–Kier alpha value is -3.21. The number of H-pyrrole nitrogens is 1. The zero-order valence-electron chi connectivity index (χ0n) is 18.3. The van der Waals surface area contributed by atoms with Crippen molar-refractivity contribution in [3.05, 3.63) is 48.7 Å². The van der Waals surface area contributed by atoms with Gasteiger partial charge in [-0.3, -0.25) is 10.00 Å². The number of aliphatic hydroxyl groups excluding tert-OH is 1. The maximum atomic E-state index is 12.0. The Bertz CT molecular complexity index is 1390. The first-order valence-corrected chi connectivity index (χ1v) is 12.7. The minimum atomic E-state index is -3.32. The number of β-amino-alcohol motifs (C(OH)–C–C–N with tert-alkyl or cyclic N) is 1. The molecule has 33 heavy (non-hydrogen) atoms. The molecule has 3 N–H and O–H groups in total. The van der Waals surface area contributed by atoms with Crippen LogP contribution in [-0.2, 0) is 9.84 Å². The number of hydrogen-bond donors (Lipinski definition) is 3. The van der Waals surface area contributed by atoms with Crippen molar-refractivity contribution < 1.29 is 13.5 Å². The first-order valence-electron chi connectivity index (χ1n) is 10.8. The van der Waals surface area contributed by atoms with Crippen LogP contribution < -0.4 is 10.2 Å². The van der Waals surface area contributed by atoms with Gasteiger partial charge in [0.15, 0.2) is 15.7 Å². The minimum Gasteiger partial charge on any atom is -0.395 e. The lowest BCUT2D eigenvalue weighted by Gasteiger charge is -2.35. The molecule has 1 saturated heterocycles. The van der Waals surface area contributed by atoms with Gasteiger partial charge >= 0.3 is 0 Å². The third-order valence-corrected chi connectivity index (χ3v) is 7.19. The number of benzene rings is 2. The van der Waals surface area contributed by atoms with Gasteiger partial charge in [-0.1, -0.05) is 0 Å². The molecule has 3 heterocycles. The van der Waals surface area contributed by atoms with Crippen LogP contribution in [0.5, 0.6) is 0 Å². The Kier molecular flexibility index (Phi) is 5.65. The van der Waals surface area contributed by atoms with E-state index >= 15 is 0 Å². The van der Waals surface area contributed by atoms with Crippen molar-refractivity contribution in [2.24, 2.45) is 0 Å². The van der Waals surface area contributed by atoms with Crippen molar-refractivity contribution in [1.82, 2.24) is 20.1 Å². The minimum absolute atomic E-state index is 0.200. The standard InChI is InChI=1S/C23H26N6O3S/c1-33(31,32)18-6-7-21-19(14-18)20-15-24-27-22(20)23(26-21)25-16-2-4-17(5-3-16)29-10-8-28(9-11-29)12-13-30/h2-7,14-15,30H,8-13H2,1H3,(H,24,27)(H,25,26). The summed E-state index contributed by atoms with van der Waals surface area (Å²) in [6.45, 7) is 4.69. The molecule has 0 bridgehead atoms. The normalized spacial score (nSPS) is 15.4. The largest absolute Gasteiger partial charge is 0.395 e. The average Bonchev–Trinajstić information content (AvgIpc) is 3.30. The van der Waals surface area contributed by atoms with Gasteiger partial charge in [0.25, 0.3) is 0 Å². The fourth-order valence-corrected chi connectivity index (χ4v) is 4.91. The molecule has 4 aromatic rings. The number of fused-ring (bicyclic) bond motifs is 3. The summed E-state index contributed by atoms with van der Waals surface area (Å²) in [5.74, 6) is 0.632. The van der Waals surface area contributed by atoms with Gasteiger partial charge in [0.05, 0.1) is 23.2 Å². The molecule has 2 aromatic heterocycles. The number of nitrogens with zero attached hydrogens (tertiary/aromatic N) is 4. The summed E-state index contributed by atoms with van der Waals surface area (Å²) in [6.07, 6.45) is 2.89. The Morgan fingerprint density at radius 1 is 1.06 bits per heavy atom. The topological polar surface area (TPSA) is 114 Å². The monoisotopic (exact) mass is 466 g/mol. The molecule has 10 heteroatoms. The number of pyridine rings is 1. The number of anilines is 3.